The zero-order valence-electron chi connectivity index (χ0n) is 11.4. The molecule has 1 aliphatic carbocycles. The molecule has 2 unspecified atom stereocenters. The van der Waals surface area contributed by atoms with Crippen molar-refractivity contribution in [2.45, 2.75) is 30.9 Å². The maximum atomic E-state index is 11.6. The number of rotatable bonds is 4. The average molecular weight is 359 g/mol. The summed E-state index contributed by atoms with van der Waals surface area (Å²) in [7, 11) is 1.29. The lowest BCUT2D eigenvalue weighted by Gasteiger charge is -2.21. The van der Waals surface area contributed by atoms with Gasteiger partial charge in [-0.25, -0.2) is 0 Å². The molecule has 1 aromatic carbocycles. The third kappa shape index (κ3) is 3.33. The SMILES string of the molecule is COC(=O)C1(N)CCC(Oc2cc([N+](=O)[O-])ccc2Br)C1. The Bertz CT molecular complexity index is 580. The van der Waals surface area contributed by atoms with E-state index in [-0.39, 0.29) is 11.8 Å². The summed E-state index contributed by atoms with van der Waals surface area (Å²) in [5, 5.41) is 10.8. The second-order valence-electron chi connectivity index (χ2n) is 5.00. The number of nitrogens with zero attached hydrogens (tertiary/aromatic N) is 1. The van der Waals surface area contributed by atoms with Gasteiger partial charge in [0.25, 0.3) is 5.69 Å². The van der Waals surface area contributed by atoms with E-state index in [9.17, 15) is 14.9 Å². The van der Waals surface area contributed by atoms with Crippen molar-refractivity contribution in [2.75, 3.05) is 7.11 Å². The van der Waals surface area contributed by atoms with E-state index in [4.69, 9.17) is 15.2 Å². The van der Waals surface area contributed by atoms with E-state index in [1.54, 1.807) is 6.07 Å². The van der Waals surface area contributed by atoms with Gasteiger partial charge in [0.05, 0.1) is 22.6 Å². The summed E-state index contributed by atoms with van der Waals surface area (Å²) >= 11 is 3.29. The van der Waals surface area contributed by atoms with Crippen LogP contribution in [0.4, 0.5) is 5.69 Å². The summed E-state index contributed by atoms with van der Waals surface area (Å²) in [6.07, 6.45) is 1.07. The summed E-state index contributed by atoms with van der Waals surface area (Å²) in [6.45, 7) is 0. The van der Waals surface area contributed by atoms with Crippen LogP contribution < -0.4 is 10.5 Å². The molecular weight excluding hydrogens is 344 g/mol. The number of ether oxygens (including phenoxy) is 2. The number of carbonyl (C=O) groups excluding carboxylic acids is 1. The third-order valence-electron chi connectivity index (χ3n) is 3.52. The molecule has 2 N–H and O–H groups in total. The summed E-state index contributed by atoms with van der Waals surface area (Å²) in [5.74, 6) is -0.102. The van der Waals surface area contributed by atoms with Gasteiger partial charge in [0, 0.05) is 12.5 Å². The number of nitro benzene ring substituents is 1. The van der Waals surface area contributed by atoms with Crippen LogP contribution in [-0.2, 0) is 9.53 Å². The summed E-state index contributed by atoms with van der Waals surface area (Å²) in [4.78, 5) is 21.9. The van der Waals surface area contributed by atoms with Crippen LogP contribution in [0.1, 0.15) is 19.3 Å². The Balaban J connectivity index is 2.12. The standard InChI is InChI=1S/C13H15BrN2O5/c1-20-12(17)13(15)5-4-9(7-13)21-11-6-8(16(18)19)2-3-10(11)14/h2-3,6,9H,4-5,7,15H2,1H3. The number of hydrogen-bond acceptors (Lipinski definition) is 6. The van der Waals surface area contributed by atoms with Gasteiger partial charge in [0.15, 0.2) is 0 Å². The molecule has 0 aliphatic heterocycles. The molecular formula is C13H15BrN2O5. The highest BCUT2D eigenvalue weighted by molar-refractivity contribution is 9.10. The van der Waals surface area contributed by atoms with Crippen LogP contribution in [0.3, 0.4) is 0 Å². The molecule has 0 saturated heterocycles. The monoisotopic (exact) mass is 358 g/mol. The Morgan fingerprint density at radius 3 is 2.90 bits per heavy atom. The van der Waals surface area contributed by atoms with Gasteiger partial charge in [-0.3, -0.25) is 14.9 Å². The first kappa shape index (κ1) is 15.7. The van der Waals surface area contributed by atoms with E-state index in [0.29, 0.717) is 29.5 Å². The van der Waals surface area contributed by atoms with Crippen LogP contribution in [0.25, 0.3) is 0 Å². The highest BCUT2D eigenvalue weighted by atomic mass is 79.9. The zero-order valence-corrected chi connectivity index (χ0v) is 13.0. The Morgan fingerprint density at radius 1 is 1.57 bits per heavy atom. The molecule has 0 aromatic heterocycles. The van der Waals surface area contributed by atoms with Crippen LogP contribution >= 0.6 is 15.9 Å². The van der Waals surface area contributed by atoms with Crippen molar-refractivity contribution in [2.24, 2.45) is 5.73 Å². The minimum absolute atomic E-state index is 0.0572. The van der Waals surface area contributed by atoms with Crippen molar-refractivity contribution in [1.82, 2.24) is 0 Å². The Morgan fingerprint density at radius 2 is 2.29 bits per heavy atom. The minimum Gasteiger partial charge on any atom is -0.489 e. The number of methoxy groups -OCH3 is 1. The van der Waals surface area contributed by atoms with Crippen molar-refractivity contribution in [1.29, 1.82) is 0 Å². The third-order valence-corrected chi connectivity index (χ3v) is 4.17. The van der Waals surface area contributed by atoms with Gasteiger partial charge in [-0.15, -0.1) is 0 Å². The second-order valence-corrected chi connectivity index (χ2v) is 5.86. The number of halogens is 1. The van der Waals surface area contributed by atoms with Crippen molar-refractivity contribution in [3.05, 3.63) is 32.8 Å². The Hall–Kier alpha value is -1.67. The number of benzene rings is 1. The minimum atomic E-state index is -1.05. The fourth-order valence-electron chi connectivity index (χ4n) is 2.39. The van der Waals surface area contributed by atoms with Crippen LogP contribution in [-0.4, -0.2) is 29.6 Å². The topological polar surface area (TPSA) is 105 Å². The quantitative estimate of drug-likeness (QED) is 0.502. The first-order chi connectivity index (χ1) is 9.85. The number of nitrogens with two attached hydrogens (primary N) is 1. The van der Waals surface area contributed by atoms with Gasteiger partial charge >= 0.3 is 5.97 Å². The van der Waals surface area contributed by atoms with Gasteiger partial charge in [0.1, 0.15) is 17.4 Å². The predicted molar refractivity (Wildman–Crippen MR) is 78.0 cm³/mol. The number of carbonyl (C=O) groups is 1. The van der Waals surface area contributed by atoms with Gasteiger partial charge in [-0.05, 0) is 34.8 Å². The normalized spacial score (nSPS) is 24.6. The number of esters is 1. The molecule has 0 bridgehead atoms. The Labute approximate surface area is 129 Å². The van der Waals surface area contributed by atoms with Crippen molar-refractivity contribution >= 4 is 27.6 Å². The molecule has 0 amide bonds. The van der Waals surface area contributed by atoms with Crippen molar-refractivity contribution < 1.29 is 19.2 Å². The summed E-state index contributed by atoms with van der Waals surface area (Å²) < 4.78 is 11.1. The van der Waals surface area contributed by atoms with Crippen LogP contribution in [0.2, 0.25) is 0 Å². The number of non-ortho nitro benzene ring substituents is 1. The fraction of sp³-hybridized carbons (Fsp3) is 0.462. The van der Waals surface area contributed by atoms with Crippen molar-refractivity contribution in [3.8, 4) is 5.75 Å². The molecule has 8 heteroatoms. The summed E-state index contributed by atoms with van der Waals surface area (Å²) in [6, 6.07) is 4.28. The van der Waals surface area contributed by atoms with E-state index < -0.39 is 16.4 Å². The highest BCUT2D eigenvalue weighted by Gasteiger charge is 2.44. The van der Waals surface area contributed by atoms with E-state index in [1.165, 1.54) is 19.2 Å². The molecule has 1 fully saturated rings. The molecule has 2 rings (SSSR count). The molecule has 0 heterocycles. The van der Waals surface area contributed by atoms with Crippen LogP contribution in [0, 0.1) is 10.1 Å². The second kappa shape index (κ2) is 5.98. The highest BCUT2D eigenvalue weighted by Crippen LogP contribution is 2.35. The summed E-state index contributed by atoms with van der Waals surface area (Å²) in [5.41, 5.74) is 4.89. The molecule has 2 atom stereocenters. The maximum Gasteiger partial charge on any atom is 0.325 e. The molecule has 114 valence electrons. The lowest BCUT2D eigenvalue weighted by Crippen LogP contribution is -2.47. The maximum absolute atomic E-state index is 11.6. The predicted octanol–water partition coefficient (Wildman–Crippen LogP) is 2.16. The Kier molecular flexibility index (Phi) is 4.48. The lowest BCUT2D eigenvalue weighted by molar-refractivity contribution is -0.385. The first-order valence-corrected chi connectivity index (χ1v) is 7.13. The first-order valence-electron chi connectivity index (χ1n) is 6.33. The molecule has 1 saturated carbocycles. The van der Waals surface area contributed by atoms with Gasteiger partial charge < -0.3 is 15.2 Å². The molecule has 21 heavy (non-hydrogen) atoms. The van der Waals surface area contributed by atoms with E-state index in [2.05, 4.69) is 15.9 Å². The molecule has 1 aliphatic rings. The van der Waals surface area contributed by atoms with Gasteiger partial charge in [-0.2, -0.15) is 0 Å². The van der Waals surface area contributed by atoms with Crippen molar-refractivity contribution in [3.63, 3.8) is 0 Å². The van der Waals surface area contributed by atoms with Crippen LogP contribution in [0.15, 0.2) is 22.7 Å². The number of nitro groups is 1. The molecule has 0 spiro atoms. The smallest absolute Gasteiger partial charge is 0.325 e. The van der Waals surface area contributed by atoms with E-state index in [0.717, 1.165) is 0 Å². The van der Waals surface area contributed by atoms with Gasteiger partial charge in [-0.1, -0.05) is 0 Å². The fourth-order valence-corrected chi connectivity index (χ4v) is 2.73. The largest absolute Gasteiger partial charge is 0.489 e. The average Bonchev–Trinajstić information content (AvgIpc) is 2.82. The number of hydrogen-bond donors (Lipinski definition) is 1. The molecule has 1 aromatic rings. The van der Waals surface area contributed by atoms with E-state index in [1.807, 2.05) is 0 Å². The lowest BCUT2D eigenvalue weighted by atomic mass is 10.00. The van der Waals surface area contributed by atoms with Crippen LogP contribution in [0.5, 0.6) is 5.75 Å². The van der Waals surface area contributed by atoms with E-state index >= 15 is 0 Å². The van der Waals surface area contributed by atoms with Gasteiger partial charge in [0.2, 0.25) is 0 Å². The zero-order chi connectivity index (χ0) is 15.6. The molecule has 7 nitrogen and oxygen atoms in total. The molecule has 0 radical (unpaired) electrons.